The van der Waals surface area contributed by atoms with Crippen LogP contribution in [0.15, 0.2) is 34.3 Å². The molecule has 0 spiro atoms. The molecule has 1 amide bonds. The fraction of sp³-hybridized carbons (Fsp3) is 0.308. The van der Waals surface area contributed by atoms with Gasteiger partial charge in [-0.2, -0.15) is 0 Å². The third kappa shape index (κ3) is 3.66. The molecule has 0 aliphatic rings. The molecule has 0 aromatic carbocycles. The highest BCUT2D eigenvalue weighted by molar-refractivity contribution is 7.09. The number of nitrogens with two attached hydrogens (primary N) is 1. The summed E-state index contributed by atoms with van der Waals surface area (Å²) in [5.41, 5.74) is 2.93. The smallest absolute Gasteiger partial charge is 0.301 e. The molecule has 6 heteroatoms. The molecule has 0 unspecified atom stereocenters. The molecule has 2 heterocycles. The molecule has 0 saturated carbocycles. The molecule has 3 N–H and O–H groups in total. The van der Waals surface area contributed by atoms with Crippen LogP contribution in [0.1, 0.15) is 21.0 Å². The summed E-state index contributed by atoms with van der Waals surface area (Å²) in [6, 6.07) is 5.98. The first kappa shape index (κ1) is 13.8. The summed E-state index contributed by atoms with van der Waals surface area (Å²) in [7, 11) is 2.02. The number of thiophene rings is 1. The Kier molecular flexibility index (Phi) is 4.73. The second-order valence-corrected chi connectivity index (χ2v) is 5.35. The number of carbonyl (C=O) groups excluding carboxylic acids is 1. The first-order valence-corrected chi connectivity index (χ1v) is 6.87. The summed E-state index contributed by atoms with van der Waals surface area (Å²) in [5, 5.41) is 2.08. The van der Waals surface area contributed by atoms with Gasteiger partial charge in [0.15, 0.2) is 5.76 Å². The van der Waals surface area contributed by atoms with E-state index in [1.165, 1.54) is 11.1 Å². The number of hydrazine groups is 1. The van der Waals surface area contributed by atoms with Crippen LogP contribution in [0.5, 0.6) is 0 Å². The third-order valence-corrected chi connectivity index (χ3v) is 3.78. The van der Waals surface area contributed by atoms with Gasteiger partial charge in [0.25, 0.3) is 0 Å². The lowest BCUT2D eigenvalue weighted by molar-refractivity contribution is 0.0923. The van der Waals surface area contributed by atoms with E-state index in [9.17, 15) is 4.79 Å². The normalized spacial score (nSPS) is 10.9. The topological polar surface area (TPSA) is 71.5 Å². The first-order valence-electron chi connectivity index (χ1n) is 5.99. The van der Waals surface area contributed by atoms with Crippen LogP contribution in [0.2, 0.25) is 0 Å². The van der Waals surface area contributed by atoms with Gasteiger partial charge >= 0.3 is 5.91 Å². The Hall–Kier alpha value is -1.63. The minimum Gasteiger partial charge on any atom is -0.459 e. The molecular weight excluding hydrogens is 262 g/mol. The van der Waals surface area contributed by atoms with Crippen LogP contribution in [0.25, 0.3) is 0 Å². The summed E-state index contributed by atoms with van der Waals surface area (Å²) in [6.07, 6.45) is 2.51. The van der Waals surface area contributed by atoms with Crippen LogP contribution >= 0.6 is 11.3 Å². The minimum atomic E-state index is -0.397. The quantitative estimate of drug-likeness (QED) is 0.479. The highest BCUT2D eigenvalue weighted by Crippen LogP contribution is 2.14. The number of carbonyl (C=O) groups is 1. The number of rotatable bonds is 6. The number of amides is 1. The van der Waals surface area contributed by atoms with Crippen molar-refractivity contribution in [3.05, 3.63) is 46.0 Å². The van der Waals surface area contributed by atoms with Crippen LogP contribution in [-0.2, 0) is 13.0 Å². The Labute approximate surface area is 116 Å². The van der Waals surface area contributed by atoms with Crippen LogP contribution in [-0.4, -0.2) is 24.4 Å². The SMILES string of the molecule is CN(CCc1cccs1)Cc1ccoc1C(=O)NN. The van der Waals surface area contributed by atoms with E-state index in [1.807, 2.05) is 7.05 Å². The average Bonchev–Trinajstić information content (AvgIpc) is 3.06. The Bertz CT molecular complexity index is 522. The van der Waals surface area contributed by atoms with Crippen LogP contribution in [0.4, 0.5) is 0 Å². The molecule has 102 valence electrons. The molecular formula is C13H17N3O2S. The van der Waals surface area contributed by atoms with Gasteiger partial charge in [-0.1, -0.05) is 6.07 Å². The lowest BCUT2D eigenvalue weighted by Gasteiger charge is -2.15. The lowest BCUT2D eigenvalue weighted by atomic mass is 10.2. The fourth-order valence-corrected chi connectivity index (χ4v) is 2.55. The highest BCUT2D eigenvalue weighted by Gasteiger charge is 2.15. The van der Waals surface area contributed by atoms with Gasteiger partial charge in [0, 0.05) is 23.5 Å². The molecule has 0 aliphatic heterocycles. The zero-order chi connectivity index (χ0) is 13.7. The molecule has 2 rings (SSSR count). The van der Waals surface area contributed by atoms with E-state index in [1.54, 1.807) is 17.4 Å². The Balaban J connectivity index is 1.90. The van der Waals surface area contributed by atoms with Crippen molar-refractivity contribution in [3.8, 4) is 0 Å². The maximum atomic E-state index is 11.5. The maximum Gasteiger partial charge on any atom is 0.301 e. The number of nitrogen functional groups attached to an aromatic ring is 1. The largest absolute Gasteiger partial charge is 0.459 e. The summed E-state index contributed by atoms with van der Waals surface area (Å²) in [6.45, 7) is 1.58. The summed E-state index contributed by atoms with van der Waals surface area (Å²) in [5.74, 6) is 5.00. The van der Waals surface area contributed by atoms with Gasteiger partial charge in [0.2, 0.25) is 0 Å². The molecule has 2 aromatic rings. The summed E-state index contributed by atoms with van der Waals surface area (Å²) in [4.78, 5) is 15.0. The first-order chi connectivity index (χ1) is 9.20. The van der Waals surface area contributed by atoms with E-state index in [-0.39, 0.29) is 5.76 Å². The molecule has 0 radical (unpaired) electrons. The van der Waals surface area contributed by atoms with Gasteiger partial charge in [-0.05, 0) is 31.0 Å². The van der Waals surface area contributed by atoms with Gasteiger partial charge in [0.1, 0.15) is 0 Å². The highest BCUT2D eigenvalue weighted by atomic mass is 32.1. The molecule has 0 atom stereocenters. The van der Waals surface area contributed by atoms with Crippen molar-refractivity contribution in [2.75, 3.05) is 13.6 Å². The number of nitrogens with one attached hydrogen (secondary N) is 1. The Morgan fingerprint density at radius 3 is 3.05 bits per heavy atom. The number of hydrogen-bond acceptors (Lipinski definition) is 5. The van der Waals surface area contributed by atoms with Gasteiger partial charge in [-0.25, -0.2) is 5.84 Å². The summed E-state index contributed by atoms with van der Waals surface area (Å²) < 4.78 is 5.15. The van der Waals surface area contributed by atoms with E-state index in [4.69, 9.17) is 10.3 Å². The van der Waals surface area contributed by atoms with E-state index in [2.05, 4.69) is 27.8 Å². The van der Waals surface area contributed by atoms with Gasteiger partial charge in [-0.3, -0.25) is 10.2 Å². The molecule has 0 fully saturated rings. The van der Waals surface area contributed by atoms with Crippen molar-refractivity contribution in [2.24, 2.45) is 5.84 Å². The number of nitrogens with zero attached hydrogens (tertiary/aromatic N) is 1. The standard InChI is InChI=1S/C13H17N3O2S/c1-16(6-4-11-3-2-8-19-11)9-10-5-7-18-12(10)13(17)15-14/h2-3,5,7-8H,4,6,9,14H2,1H3,(H,15,17). The third-order valence-electron chi connectivity index (χ3n) is 2.84. The predicted molar refractivity (Wildman–Crippen MR) is 74.7 cm³/mol. The summed E-state index contributed by atoms with van der Waals surface area (Å²) >= 11 is 1.76. The van der Waals surface area contributed by atoms with E-state index < -0.39 is 5.91 Å². The van der Waals surface area contributed by atoms with Crippen LogP contribution < -0.4 is 11.3 Å². The van der Waals surface area contributed by atoms with E-state index in [0.29, 0.717) is 6.54 Å². The fourth-order valence-electron chi connectivity index (χ4n) is 1.85. The second-order valence-electron chi connectivity index (χ2n) is 4.32. The van der Waals surface area contributed by atoms with E-state index >= 15 is 0 Å². The zero-order valence-corrected chi connectivity index (χ0v) is 11.6. The number of furan rings is 1. The maximum absolute atomic E-state index is 11.5. The lowest BCUT2D eigenvalue weighted by Crippen LogP contribution is -2.31. The van der Waals surface area contributed by atoms with Crippen LogP contribution in [0, 0.1) is 0 Å². The van der Waals surface area contributed by atoms with E-state index in [0.717, 1.165) is 18.5 Å². The Morgan fingerprint density at radius 1 is 1.53 bits per heavy atom. The molecule has 5 nitrogen and oxygen atoms in total. The molecule has 0 saturated heterocycles. The number of hydrogen-bond donors (Lipinski definition) is 2. The van der Waals surface area contributed by atoms with Crippen LogP contribution in [0.3, 0.4) is 0 Å². The second kappa shape index (κ2) is 6.51. The van der Waals surface area contributed by atoms with Crippen molar-refractivity contribution >= 4 is 17.2 Å². The van der Waals surface area contributed by atoms with Crippen molar-refractivity contribution < 1.29 is 9.21 Å². The van der Waals surface area contributed by atoms with Crippen molar-refractivity contribution in [1.82, 2.24) is 10.3 Å². The molecule has 0 bridgehead atoms. The average molecular weight is 279 g/mol. The van der Waals surface area contributed by atoms with Crippen molar-refractivity contribution in [2.45, 2.75) is 13.0 Å². The zero-order valence-electron chi connectivity index (χ0n) is 10.8. The molecule has 19 heavy (non-hydrogen) atoms. The van der Waals surface area contributed by atoms with Crippen molar-refractivity contribution in [3.63, 3.8) is 0 Å². The Morgan fingerprint density at radius 2 is 2.37 bits per heavy atom. The van der Waals surface area contributed by atoms with Crippen molar-refractivity contribution in [1.29, 1.82) is 0 Å². The molecule has 2 aromatic heterocycles. The molecule has 0 aliphatic carbocycles. The van der Waals surface area contributed by atoms with Gasteiger partial charge in [-0.15, -0.1) is 11.3 Å². The van der Waals surface area contributed by atoms with Gasteiger partial charge in [0.05, 0.1) is 6.26 Å². The monoisotopic (exact) mass is 279 g/mol. The van der Waals surface area contributed by atoms with Gasteiger partial charge < -0.3 is 9.32 Å². The minimum absolute atomic E-state index is 0.283. The number of likely N-dealkylation sites (N-methyl/N-ethyl adjacent to an activating group) is 1. The predicted octanol–water partition coefficient (Wildman–Crippen LogP) is 1.62.